The molecular formula is C14H18F2N5O4PS. The number of rotatable bonds is 4. The van der Waals surface area contributed by atoms with Crippen molar-refractivity contribution in [3.63, 3.8) is 0 Å². The van der Waals surface area contributed by atoms with Crippen LogP contribution >= 0.6 is 6.72 Å². The van der Waals surface area contributed by atoms with Crippen LogP contribution in [0.1, 0.15) is 26.5 Å². The van der Waals surface area contributed by atoms with Crippen molar-refractivity contribution in [1.82, 2.24) is 19.5 Å². The molecule has 0 aliphatic carbocycles. The first-order valence-electron chi connectivity index (χ1n) is 8.24. The minimum absolute atomic E-state index is 0.114. The summed E-state index contributed by atoms with van der Waals surface area (Å²) in [6.45, 7) is -0.0101. The number of hydrogen-bond donors (Lipinski definition) is 1. The van der Waals surface area contributed by atoms with E-state index >= 15 is 0 Å². The number of nitrogen functional groups attached to an aromatic ring is 1. The molecule has 0 aromatic carbocycles. The summed E-state index contributed by atoms with van der Waals surface area (Å²) in [4.78, 5) is 12.1. The Hall–Kier alpha value is -1.30. The molecule has 4 rings (SSSR count). The number of nitrogens with two attached hydrogens (primary N) is 1. The van der Waals surface area contributed by atoms with Gasteiger partial charge < -0.3 is 24.0 Å². The summed E-state index contributed by atoms with van der Waals surface area (Å²) in [5.41, 5.74) is 4.59. The van der Waals surface area contributed by atoms with E-state index in [0.29, 0.717) is 11.2 Å². The SMILES string of the molecule is CC(C)OP1(=S)OC[C@@]2(C(F)F)O[C@@H](n3cnc4c(N)ncnc43)C[C@H]2O1. The second-order valence-corrected chi connectivity index (χ2v) is 9.53. The lowest BCUT2D eigenvalue weighted by Crippen LogP contribution is -2.53. The van der Waals surface area contributed by atoms with Crippen molar-refractivity contribution in [3.05, 3.63) is 12.7 Å². The van der Waals surface area contributed by atoms with Crippen LogP contribution in [0.2, 0.25) is 0 Å². The Bertz CT molecular complexity index is 915. The molecule has 2 saturated heterocycles. The van der Waals surface area contributed by atoms with E-state index in [2.05, 4.69) is 15.0 Å². The first-order valence-corrected chi connectivity index (χ1v) is 10.8. The van der Waals surface area contributed by atoms with Gasteiger partial charge in [0.25, 0.3) is 6.43 Å². The average molecular weight is 421 g/mol. The van der Waals surface area contributed by atoms with Gasteiger partial charge in [-0.2, -0.15) is 0 Å². The van der Waals surface area contributed by atoms with Gasteiger partial charge in [0.15, 0.2) is 17.1 Å². The van der Waals surface area contributed by atoms with Crippen LogP contribution in [0.4, 0.5) is 14.6 Å². The summed E-state index contributed by atoms with van der Waals surface area (Å²) in [6, 6.07) is 0. The fraction of sp³-hybridized carbons (Fsp3) is 0.643. The van der Waals surface area contributed by atoms with E-state index in [9.17, 15) is 8.78 Å². The molecule has 0 saturated carbocycles. The zero-order valence-electron chi connectivity index (χ0n) is 14.5. The van der Waals surface area contributed by atoms with Gasteiger partial charge in [0, 0.05) is 6.42 Å². The quantitative estimate of drug-likeness (QED) is 0.745. The molecule has 0 spiro atoms. The zero-order chi connectivity index (χ0) is 19.4. The number of aromatic nitrogens is 4. The molecule has 13 heteroatoms. The standard InChI is InChI=1S/C14H18F2N5O4PS/c1-7(2)24-26(27)22-4-14(13(15)16)8(25-26)3-9(23-14)21-6-20-10-11(17)18-5-19-12(10)21/h5-9,13H,3-4H2,1-2H3,(H2,17,18,19)/t8-,9-,14-,26?/m1/s1. The molecule has 0 bridgehead atoms. The van der Waals surface area contributed by atoms with Crippen LogP contribution in [-0.4, -0.2) is 50.4 Å². The van der Waals surface area contributed by atoms with Crippen molar-refractivity contribution in [2.75, 3.05) is 12.3 Å². The highest BCUT2D eigenvalue weighted by Gasteiger charge is 2.62. The van der Waals surface area contributed by atoms with E-state index in [1.165, 1.54) is 17.2 Å². The van der Waals surface area contributed by atoms with Crippen molar-refractivity contribution in [2.24, 2.45) is 0 Å². The fourth-order valence-electron chi connectivity index (χ4n) is 3.20. The van der Waals surface area contributed by atoms with E-state index in [-0.39, 0.29) is 18.3 Å². The number of alkyl halides is 2. The van der Waals surface area contributed by atoms with Crippen LogP contribution in [-0.2, 0) is 30.1 Å². The highest BCUT2D eigenvalue weighted by molar-refractivity contribution is 8.07. The molecular weight excluding hydrogens is 403 g/mol. The highest BCUT2D eigenvalue weighted by atomic mass is 32.5. The summed E-state index contributed by atoms with van der Waals surface area (Å²) in [7, 11) is 0. The highest BCUT2D eigenvalue weighted by Crippen LogP contribution is 2.61. The third-order valence-corrected chi connectivity index (χ3v) is 6.90. The van der Waals surface area contributed by atoms with E-state index in [1.54, 1.807) is 13.8 Å². The lowest BCUT2D eigenvalue weighted by atomic mass is 9.98. The molecule has 9 nitrogen and oxygen atoms in total. The number of fused-ring (bicyclic) bond motifs is 2. The maximum Gasteiger partial charge on any atom is 0.327 e. The number of imidazole rings is 1. The monoisotopic (exact) mass is 421 g/mol. The molecule has 2 N–H and O–H groups in total. The topological polar surface area (TPSA) is 107 Å². The van der Waals surface area contributed by atoms with E-state index < -0.39 is 37.7 Å². The summed E-state index contributed by atoms with van der Waals surface area (Å²) in [6.07, 6.45) is -2.07. The molecule has 148 valence electrons. The van der Waals surface area contributed by atoms with E-state index in [1.807, 2.05) is 0 Å². The predicted octanol–water partition coefficient (Wildman–Crippen LogP) is 2.40. The summed E-state index contributed by atoms with van der Waals surface area (Å²) < 4.78 is 51.9. The number of anilines is 1. The van der Waals surface area contributed by atoms with Crippen LogP contribution in [0.3, 0.4) is 0 Å². The van der Waals surface area contributed by atoms with E-state index in [0.717, 1.165) is 0 Å². The Morgan fingerprint density at radius 1 is 1.41 bits per heavy atom. The van der Waals surface area contributed by atoms with Crippen molar-refractivity contribution in [1.29, 1.82) is 0 Å². The minimum atomic E-state index is -3.13. The molecule has 4 heterocycles. The van der Waals surface area contributed by atoms with Crippen molar-refractivity contribution >= 4 is 35.5 Å². The van der Waals surface area contributed by atoms with Crippen molar-refractivity contribution in [3.8, 4) is 0 Å². The largest absolute Gasteiger partial charge is 0.382 e. The van der Waals surface area contributed by atoms with Crippen LogP contribution in [0.15, 0.2) is 12.7 Å². The lowest BCUT2D eigenvalue weighted by molar-refractivity contribution is -0.204. The minimum Gasteiger partial charge on any atom is -0.382 e. The second-order valence-electron chi connectivity index (χ2n) is 6.62. The number of ether oxygens (including phenoxy) is 1. The van der Waals surface area contributed by atoms with Gasteiger partial charge >= 0.3 is 6.72 Å². The Kier molecular flexibility index (Phi) is 4.68. The van der Waals surface area contributed by atoms with Crippen LogP contribution in [0.25, 0.3) is 11.2 Å². The molecule has 1 unspecified atom stereocenters. The van der Waals surface area contributed by atoms with Crippen LogP contribution < -0.4 is 5.73 Å². The number of halogens is 2. The summed E-state index contributed by atoms with van der Waals surface area (Å²) >= 11 is 5.31. The van der Waals surface area contributed by atoms with Gasteiger partial charge in [0.1, 0.15) is 24.2 Å². The zero-order valence-corrected chi connectivity index (χ0v) is 16.2. The average Bonchev–Trinajstić information content (AvgIpc) is 3.16. The molecule has 0 amide bonds. The maximum atomic E-state index is 14.0. The van der Waals surface area contributed by atoms with Crippen LogP contribution in [0.5, 0.6) is 0 Å². The van der Waals surface area contributed by atoms with Gasteiger partial charge in [-0.15, -0.1) is 0 Å². The summed E-state index contributed by atoms with van der Waals surface area (Å²) in [5, 5.41) is 0. The van der Waals surface area contributed by atoms with Gasteiger partial charge in [-0.1, -0.05) is 0 Å². The molecule has 0 radical (unpaired) electrons. The normalized spacial score (nSPS) is 33.9. The molecule has 4 atom stereocenters. The van der Waals surface area contributed by atoms with Crippen molar-refractivity contribution in [2.45, 2.75) is 50.7 Å². The Morgan fingerprint density at radius 3 is 2.89 bits per heavy atom. The van der Waals surface area contributed by atoms with Crippen LogP contribution in [0, 0.1) is 0 Å². The fourth-order valence-corrected chi connectivity index (χ4v) is 5.81. The Balaban J connectivity index is 1.67. The molecule has 2 aromatic heterocycles. The third-order valence-electron chi connectivity index (χ3n) is 4.43. The first kappa shape index (κ1) is 19.0. The molecule has 2 fully saturated rings. The van der Waals surface area contributed by atoms with Gasteiger partial charge in [0.2, 0.25) is 0 Å². The lowest BCUT2D eigenvalue weighted by Gasteiger charge is -2.41. The number of hydrogen-bond acceptors (Lipinski definition) is 9. The first-order chi connectivity index (χ1) is 12.7. The van der Waals surface area contributed by atoms with Gasteiger partial charge in [-0.3, -0.25) is 4.57 Å². The smallest absolute Gasteiger partial charge is 0.327 e. The number of nitrogens with zero attached hydrogens (tertiary/aromatic N) is 4. The Labute approximate surface area is 158 Å². The van der Waals surface area contributed by atoms with Gasteiger partial charge in [0.05, 0.1) is 19.0 Å². The molecule has 2 aliphatic rings. The van der Waals surface area contributed by atoms with Gasteiger partial charge in [-0.05, 0) is 25.7 Å². The molecule has 2 aromatic rings. The predicted molar refractivity (Wildman–Crippen MR) is 94.5 cm³/mol. The Morgan fingerprint density at radius 2 is 2.19 bits per heavy atom. The second kappa shape index (κ2) is 6.64. The maximum absolute atomic E-state index is 14.0. The third kappa shape index (κ3) is 3.14. The van der Waals surface area contributed by atoms with E-state index in [4.69, 9.17) is 35.8 Å². The van der Waals surface area contributed by atoms with Gasteiger partial charge in [-0.25, -0.2) is 23.7 Å². The molecule has 2 aliphatic heterocycles. The molecule has 27 heavy (non-hydrogen) atoms. The van der Waals surface area contributed by atoms with Crippen molar-refractivity contribution < 1.29 is 27.1 Å². The summed E-state index contributed by atoms with van der Waals surface area (Å²) in [5.74, 6) is 0.193.